The Bertz CT molecular complexity index is 420. The van der Waals surface area contributed by atoms with Gasteiger partial charge in [0, 0.05) is 24.3 Å². The molecule has 0 saturated carbocycles. The number of carbonyl (C=O) groups is 2. The number of amides is 1. The van der Waals surface area contributed by atoms with Crippen LogP contribution in [0.2, 0.25) is 0 Å². The molecule has 1 aliphatic heterocycles. The quantitative estimate of drug-likeness (QED) is 0.477. The van der Waals surface area contributed by atoms with Crippen molar-refractivity contribution in [1.82, 2.24) is 4.90 Å². The Morgan fingerprint density at radius 1 is 1.00 bits per heavy atom. The highest BCUT2D eigenvalue weighted by molar-refractivity contribution is 6.42. The maximum atomic E-state index is 11.9. The van der Waals surface area contributed by atoms with Crippen molar-refractivity contribution in [3.63, 3.8) is 0 Å². The molecule has 1 aromatic carbocycles. The third kappa shape index (κ3) is 2.64. The van der Waals surface area contributed by atoms with E-state index in [4.69, 9.17) is 5.73 Å². The highest BCUT2D eigenvalue weighted by Crippen LogP contribution is 2.12. The topological polar surface area (TPSA) is 63.4 Å². The van der Waals surface area contributed by atoms with Crippen molar-refractivity contribution in [2.45, 2.75) is 19.3 Å². The minimum absolute atomic E-state index is 0.394. The number of nitrogens with zero attached hydrogens (tertiary/aromatic N) is 1. The molecule has 17 heavy (non-hydrogen) atoms. The van der Waals surface area contributed by atoms with E-state index in [1.54, 1.807) is 29.2 Å². The molecule has 1 saturated heterocycles. The summed E-state index contributed by atoms with van der Waals surface area (Å²) in [4.78, 5) is 25.5. The number of anilines is 1. The van der Waals surface area contributed by atoms with E-state index in [2.05, 4.69) is 0 Å². The average Bonchev–Trinajstić information content (AvgIpc) is 2.39. The van der Waals surface area contributed by atoms with Gasteiger partial charge in [0.25, 0.3) is 5.91 Å². The first-order valence-corrected chi connectivity index (χ1v) is 5.87. The summed E-state index contributed by atoms with van der Waals surface area (Å²) < 4.78 is 0. The van der Waals surface area contributed by atoms with Crippen molar-refractivity contribution in [2.24, 2.45) is 0 Å². The maximum Gasteiger partial charge on any atom is 0.294 e. The lowest BCUT2D eigenvalue weighted by atomic mass is 10.1. The standard InChI is InChI=1S/C13H16N2O2/c14-11-6-4-10(5-7-11)12(16)13(17)15-8-2-1-3-9-15/h4-7H,1-3,8-9,14H2. The van der Waals surface area contributed by atoms with Crippen molar-refractivity contribution in [3.05, 3.63) is 29.8 Å². The van der Waals surface area contributed by atoms with Crippen LogP contribution in [0.1, 0.15) is 29.6 Å². The summed E-state index contributed by atoms with van der Waals surface area (Å²) in [5, 5.41) is 0. The lowest BCUT2D eigenvalue weighted by Gasteiger charge is -2.25. The number of carbonyl (C=O) groups excluding carboxylic acids is 2. The van der Waals surface area contributed by atoms with Gasteiger partial charge in [0.05, 0.1) is 0 Å². The minimum atomic E-state index is -0.438. The van der Waals surface area contributed by atoms with Gasteiger partial charge in [0.15, 0.2) is 0 Å². The van der Waals surface area contributed by atoms with Crippen molar-refractivity contribution in [3.8, 4) is 0 Å². The van der Waals surface area contributed by atoms with Crippen LogP contribution in [0.3, 0.4) is 0 Å². The van der Waals surface area contributed by atoms with E-state index in [9.17, 15) is 9.59 Å². The highest BCUT2D eigenvalue weighted by Gasteiger charge is 2.24. The van der Waals surface area contributed by atoms with Crippen LogP contribution in [-0.2, 0) is 4.79 Å². The number of Topliss-reactive ketones (excluding diaryl/α,β-unsaturated/α-hetero) is 1. The zero-order valence-electron chi connectivity index (χ0n) is 9.69. The Morgan fingerprint density at radius 2 is 1.59 bits per heavy atom. The molecule has 4 nitrogen and oxygen atoms in total. The highest BCUT2D eigenvalue weighted by atomic mass is 16.2. The van der Waals surface area contributed by atoms with Gasteiger partial charge in [-0.05, 0) is 43.5 Å². The third-order valence-corrected chi connectivity index (χ3v) is 3.01. The Morgan fingerprint density at radius 3 is 2.18 bits per heavy atom. The molecule has 0 spiro atoms. The van der Waals surface area contributed by atoms with Gasteiger partial charge in [-0.3, -0.25) is 9.59 Å². The van der Waals surface area contributed by atoms with E-state index in [-0.39, 0.29) is 0 Å². The fraction of sp³-hybridized carbons (Fsp3) is 0.385. The molecule has 0 aromatic heterocycles. The molecule has 0 radical (unpaired) electrons. The Kier molecular flexibility index (Phi) is 3.42. The second kappa shape index (κ2) is 4.99. The van der Waals surface area contributed by atoms with Crippen LogP contribution < -0.4 is 5.73 Å². The van der Waals surface area contributed by atoms with Crippen LogP contribution >= 0.6 is 0 Å². The molecule has 0 bridgehead atoms. The summed E-state index contributed by atoms with van der Waals surface area (Å²) >= 11 is 0. The molecule has 2 N–H and O–H groups in total. The summed E-state index contributed by atoms with van der Waals surface area (Å²) in [6.07, 6.45) is 3.11. The number of likely N-dealkylation sites (tertiary alicyclic amines) is 1. The lowest BCUT2D eigenvalue weighted by molar-refractivity contribution is -0.127. The number of rotatable bonds is 2. The normalized spacial score (nSPS) is 15.6. The Labute approximate surface area is 100 Å². The first-order chi connectivity index (χ1) is 8.18. The van der Waals surface area contributed by atoms with Gasteiger partial charge < -0.3 is 10.6 Å². The molecule has 4 heteroatoms. The predicted octanol–water partition coefficient (Wildman–Crippen LogP) is 1.46. The Balaban J connectivity index is 2.08. The molecular weight excluding hydrogens is 216 g/mol. The van der Waals surface area contributed by atoms with Crippen molar-refractivity contribution in [2.75, 3.05) is 18.8 Å². The molecule has 1 aliphatic rings. The van der Waals surface area contributed by atoms with Gasteiger partial charge in [-0.2, -0.15) is 0 Å². The molecule has 1 fully saturated rings. The SMILES string of the molecule is Nc1ccc(C(=O)C(=O)N2CCCCC2)cc1. The number of hydrogen-bond donors (Lipinski definition) is 1. The average molecular weight is 232 g/mol. The number of benzene rings is 1. The second-order valence-electron chi connectivity index (χ2n) is 4.30. The zero-order valence-corrected chi connectivity index (χ0v) is 9.69. The van der Waals surface area contributed by atoms with Crippen LogP contribution in [0, 0.1) is 0 Å². The summed E-state index contributed by atoms with van der Waals surface area (Å²) in [6.45, 7) is 1.39. The van der Waals surface area contributed by atoms with Crippen molar-refractivity contribution in [1.29, 1.82) is 0 Å². The number of hydrogen-bond acceptors (Lipinski definition) is 3. The van der Waals surface area contributed by atoms with Crippen LogP contribution in [0.4, 0.5) is 5.69 Å². The van der Waals surface area contributed by atoms with E-state index in [1.807, 2.05) is 0 Å². The van der Waals surface area contributed by atoms with Gasteiger partial charge in [-0.25, -0.2) is 0 Å². The maximum absolute atomic E-state index is 11.9. The largest absolute Gasteiger partial charge is 0.399 e. The second-order valence-corrected chi connectivity index (χ2v) is 4.30. The lowest BCUT2D eigenvalue weighted by Crippen LogP contribution is -2.40. The minimum Gasteiger partial charge on any atom is -0.399 e. The van der Waals surface area contributed by atoms with Crippen LogP contribution in [0.15, 0.2) is 24.3 Å². The van der Waals surface area contributed by atoms with E-state index in [1.165, 1.54) is 0 Å². The molecule has 1 aromatic rings. The van der Waals surface area contributed by atoms with Crippen LogP contribution in [0.25, 0.3) is 0 Å². The molecule has 0 atom stereocenters. The molecule has 1 amide bonds. The van der Waals surface area contributed by atoms with E-state index < -0.39 is 11.7 Å². The van der Waals surface area contributed by atoms with Crippen LogP contribution in [0.5, 0.6) is 0 Å². The summed E-state index contributed by atoms with van der Waals surface area (Å²) in [5.41, 5.74) is 6.54. The van der Waals surface area contributed by atoms with E-state index in [0.717, 1.165) is 19.3 Å². The molecule has 0 aliphatic carbocycles. The van der Waals surface area contributed by atoms with Crippen molar-refractivity contribution >= 4 is 17.4 Å². The molecule has 1 heterocycles. The number of nitrogen functional groups attached to an aromatic ring is 1. The smallest absolute Gasteiger partial charge is 0.294 e. The summed E-state index contributed by atoms with van der Waals surface area (Å²) in [6, 6.07) is 6.46. The van der Waals surface area contributed by atoms with Crippen LogP contribution in [-0.4, -0.2) is 29.7 Å². The van der Waals surface area contributed by atoms with Gasteiger partial charge in [0.1, 0.15) is 0 Å². The van der Waals surface area contributed by atoms with E-state index in [0.29, 0.717) is 24.3 Å². The molecule has 0 unspecified atom stereocenters. The predicted molar refractivity (Wildman–Crippen MR) is 65.6 cm³/mol. The first kappa shape index (κ1) is 11.6. The van der Waals surface area contributed by atoms with E-state index >= 15 is 0 Å². The monoisotopic (exact) mass is 232 g/mol. The van der Waals surface area contributed by atoms with Crippen molar-refractivity contribution < 1.29 is 9.59 Å². The summed E-state index contributed by atoms with van der Waals surface area (Å²) in [5.74, 6) is -0.832. The van der Waals surface area contributed by atoms with Gasteiger partial charge in [-0.15, -0.1) is 0 Å². The molecular formula is C13H16N2O2. The Hall–Kier alpha value is -1.84. The van der Waals surface area contributed by atoms with Gasteiger partial charge >= 0.3 is 0 Å². The molecule has 2 rings (SSSR count). The number of piperidine rings is 1. The fourth-order valence-electron chi connectivity index (χ4n) is 2.00. The number of ketones is 1. The fourth-order valence-corrected chi connectivity index (χ4v) is 2.00. The third-order valence-electron chi connectivity index (χ3n) is 3.01. The summed E-state index contributed by atoms with van der Waals surface area (Å²) in [7, 11) is 0. The number of nitrogens with two attached hydrogens (primary N) is 1. The first-order valence-electron chi connectivity index (χ1n) is 5.87. The zero-order chi connectivity index (χ0) is 12.3. The van der Waals surface area contributed by atoms with Gasteiger partial charge in [-0.1, -0.05) is 0 Å². The molecule has 90 valence electrons. The van der Waals surface area contributed by atoms with Gasteiger partial charge in [0.2, 0.25) is 5.78 Å².